The zero-order valence-electron chi connectivity index (χ0n) is 42.1. The number of carbonyl (C=O) groups is 2. The molecular formula is C56H111NO5. The number of aliphatic hydroxyl groups is 2. The van der Waals surface area contributed by atoms with E-state index in [-0.39, 0.29) is 18.5 Å². The van der Waals surface area contributed by atoms with Gasteiger partial charge < -0.3 is 20.3 Å². The van der Waals surface area contributed by atoms with Crippen molar-refractivity contribution < 1.29 is 24.5 Å². The van der Waals surface area contributed by atoms with E-state index in [4.69, 9.17) is 4.74 Å². The quantitative estimate of drug-likeness (QED) is 0.0418. The van der Waals surface area contributed by atoms with Gasteiger partial charge >= 0.3 is 5.97 Å². The summed E-state index contributed by atoms with van der Waals surface area (Å²) in [7, 11) is 0. The fraction of sp³-hybridized carbons (Fsp3) is 0.964. The second-order valence-corrected chi connectivity index (χ2v) is 19.6. The van der Waals surface area contributed by atoms with Crippen molar-refractivity contribution in [3.8, 4) is 0 Å². The predicted molar refractivity (Wildman–Crippen MR) is 269 cm³/mol. The maximum atomic E-state index is 12.5. The van der Waals surface area contributed by atoms with Crippen molar-refractivity contribution in [3.05, 3.63) is 0 Å². The van der Waals surface area contributed by atoms with Crippen molar-refractivity contribution in [2.24, 2.45) is 0 Å². The second-order valence-electron chi connectivity index (χ2n) is 19.6. The van der Waals surface area contributed by atoms with Gasteiger partial charge in [-0.25, -0.2) is 0 Å². The molecule has 0 aromatic carbocycles. The van der Waals surface area contributed by atoms with Gasteiger partial charge in [-0.2, -0.15) is 0 Å². The van der Waals surface area contributed by atoms with Gasteiger partial charge in [-0.15, -0.1) is 0 Å². The molecule has 0 bridgehead atoms. The third kappa shape index (κ3) is 48.3. The lowest BCUT2D eigenvalue weighted by Crippen LogP contribution is -2.45. The van der Waals surface area contributed by atoms with Crippen molar-refractivity contribution in [3.63, 3.8) is 0 Å². The molecule has 0 saturated carbocycles. The van der Waals surface area contributed by atoms with Crippen LogP contribution in [-0.2, 0) is 14.3 Å². The molecule has 0 aliphatic heterocycles. The van der Waals surface area contributed by atoms with E-state index in [1.165, 1.54) is 250 Å². The summed E-state index contributed by atoms with van der Waals surface area (Å²) in [6, 6.07) is -0.542. The van der Waals surface area contributed by atoms with Crippen LogP contribution in [0.1, 0.15) is 322 Å². The fourth-order valence-electron chi connectivity index (χ4n) is 9.05. The highest BCUT2D eigenvalue weighted by Crippen LogP contribution is 2.18. The topological polar surface area (TPSA) is 95.9 Å². The van der Waals surface area contributed by atoms with Crippen molar-refractivity contribution in [1.82, 2.24) is 5.32 Å². The minimum atomic E-state index is -0.665. The molecule has 6 heteroatoms. The maximum absolute atomic E-state index is 12.5. The Morgan fingerprint density at radius 1 is 0.387 bits per heavy atom. The van der Waals surface area contributed by atoms with Crippen LogP contribution < -0.4 is 5.32 Å². The fourth-order valence-corrected chi connectivity index (χ4v) is 9.05. The third-order valence-electron chi connectivity index (χ3n) is 13.4. The average molecular weight is 879 g/mol. The number of ether oxygens (including phenoxy) is 1. The minimum absolute atomic E-state index is 0.00880. The number of nitrogens with one attached hydrogen (secondary N) is 1. The van der Waals surface area contributed by atoms with Crippen molar-refractivity contribution >= 4 is 11.9 Å². The number of aliphatic hydroxyl groups excluding tert-OH is 2. The second kappa shape index (κ2) is 52.5. The van der Waals surface area contributed by atoms with Gasteiger partial charge in [0.05, 0.1) is 25.4 Å². The van der Waals surface area contributed by atoms with Crippen molar-refractivity contribution in [2.75, 3.05) is 13.2 Å². The van der Waals surface area contributed by atoms with Gasteiger partial charge in [0.1, 0.15) is 0 Å². The number of unbranched alkanes of at least 4 members (excludes halogenated alkanes) is 42. The zero-order valence-corrected chi connectivity index (χ0v) is 42.1. The normalized spacial score (nSPS) is 12.5. The number of esters is 1. The van der Waals surface area contributed by atoms with Gasteiger partial charge in [-0.3, -0.25) is 9.59 Å². The molecule has 0 aliphatic rings. The molecule has 0 radical (unpaired) electrons. The van der Waals surface area contributed by atoms with Crippen LogP contribution in [0.25, 0.3) is 0 Å². The van der Waals surface area contributed by atoms with Crippen LogP contribution >= 0.6 is 0 Å². The van der Waals surface area contributed by atoms with Crippen molar-refractivity contribution in [1.29, 1.82) is 0 Å². The molecule has 3 N–H and O–H groups in total. The minimum Gasteiger partial charge on any atom is -0.466 e. The summed E-state index contributed by atoms with van der Waals surface area (Å²) in [4.78, 5) is 24.5. The summed E-state index contributed by atoms with van der Waals surface area (Å²) >= 11 is 0. The highest BCUT2D eigenvalue weighted by Gasteiger charge is 2.20. The highest BCUT2D eigenvalue weighted by atomic mass is 16.5. The molecule has 0 heterocycles. The van der Waals surface area contributed by atoms with E-state index in [0.717, 1.165) is 38.5 Å². The predicted octanol–water partition coefficient (Wildman–Crippen LogP) is 17.1. The molecule has 0 aliphatic carbocycles. The van der Waals surface area contributed by atoms with Gasteiger partial charge in [0.2, 0.25) is 5.91 Å². The Bertz CT molecular complexity index is 882. The Morgan fingerprint density at radius 2 is 0.661 bits per heavy atom. The summed E-state index contributed by atoms with van der Waals surface area (Å²) in [5.74, 6) is -0.0276. The Balaban J connectivity index is 3.39. The Labute approximate surface area is 387 Å². The average Bonchev–Trinajstić information content (AvgIpc) is 3.27. The molecule has 0 spiro atoms. The third-order valence-corrected chi connectivity index (χ3v) is 13.4. The summed E-state index contributed by atoms with van der Waals surface area (Å²) in [5, 5.41) is 23.3. The van der Waals surface area contributed by atoms with E-state index in [9.17, 15) is 19.8 Å². The zero-order chi connectivity index (χ0) is 45.1. The number of carbonyl (C=O) groups excluding carboxylic acids is 2. The van der Waals surface area contributed by atoms with E-state index in [2.05, 4.69) is 19.2 Å². The first-order valence-corrected chi connectivity index (χ1v) is 28.3. The SMILES string of the molecule is CCCCCCCCCCCCCCCCCC(O)C(CO)NC(=O)CCCCCCCCCCCCCCCCCCCCOC(=O)CCCCCCCCCCCCCC. The van der Waals surface area contributed by atoms with Crippen LogP contribution in [0.5, 0.6) is 0 Å². The summed E-state index contributed by atoms with van der Waals surface area (Å²) in [6.45, 7) is 4.96. The van der Waals surface area contributed by atoms with Gasteiger partial charge in [-0.05, 0) is 25.7 Å². The highest BCUT2D eigenvalue weighted by molar-refractivity contribution is 5.76. The van der Waals surface area contributed by atoms with Crippen LogP contribution in [0.2, 0.25) is 0 Å². The lowest BCUT2D eigenvalue weighted by Gasteiger charge is -2.22. The van der Waals surface area contributed by atoms with Crippen molar-refractivity contribution in [2.45, 2.75) is 334 Å². The number of hydrogen-bond donors (Lipinski definition) is 3. The van der Waals surface area contributed by atoms with E-state index in [1.807, 2.05) is 0 Å². The van der Waals surface area contributed by atoms with Gasteiger partial charge in [0, 0.05) is 12.8 Å². The van der Waals surface area contributed by atoms with E-state index in [1.54, 1.807) is 0 Å². The van der Waals surface area contributed by atoms with Gasteiger partial charge in [-0.1, -0.05) is 284 Å². The Hall–Kier alpha value is -1.14. The van der Waals surface area contributed by atoms with Gasteiger partial charge in [0.15, 0.2) is 0 Å². The molecule has 6 nitrogen and oxygen atoms in total. The summed E-state index contributed by atoms with van der Waals surface area (Å²) < 4.78 is 5.47. The largest absolute Gasteiger partial charge is 0.466 e. The Kier molecular flexibility index (Phi) is 51.5. The standard InChI is InChI=1S/C56H111NO5/c1-3-5-7-9-11-13-15-17-22-25-28-32-36-40-44-48-54(59)53(52-58)57-55(60)49-45-41-37-33-29-26-23-20-18-19-21-24-27-31-35-39-43-47-51-62-56(61)50-46-42-38-34-30-16-14-12-10-8-6-4-2/h53-54,58-59H,3-52H2,1-2H3,(H,57,60). The lowest BCUT2D eigenvalue weighted by atomic mass is 10.0. The van der Waals surface area contributed by atoms with E-state index in [0.29, 0.717) is 25.9 Å². The van der Waals surface area contributed by atoms with Crippen LogP contribution in [0, 0.1) is 0 Å². The van der Waals surface area contributed by atoms with Crippen LogP contribution in [-0.4, -0.2) is 47.4 Å². The van der Waals surface area contributed by atoms with Crippen LogP contribution in [0.3, 0.4) is 0 Å². The summed E-state index contributed by atoms with van der Waals surface area (Å²) in [5.41, 5.74) is 0. The monoisotopic (exact) mass is 878 g/mol. The lowest BCUT2D eigenvalue weighted by molar-refractivity contribution is -0.143. The van der Waals surface area contributed by atoms with Crippen LogP contribution in [0.4, 0.5) is 0 Å². The molecular weight excluding hydrogens is 767 g/mol. The van der Waals surface area contributed by atoms with E-state index >= 15 is 0 Å². The maximum Gasteiger partial charge on any atom is 0.305 e. The smallest absolute Gasteiger partial charge is 0.305 e. The number of amides is 1. The molecule has 1 amide bonds. The molecule has 370 valence electrons. The molecule has 2 atom stereocenters. The molecule has 0 fully saturated rings. The number of hydrogen-bond acceptors (Lipinski definition) is 5. The van der Waals surface area contributed by atoms with E-state index < -0.39 is 12.1 Å². The molecule has 0 aromatic rings. The molecule has 0 rings (SSSR count). The van der Waals surface area contributed by atoms with Crippen LogP contribution in [0.15, 0.2) is 0 Å². The van der Waals surface area contributed by atoms with Gasteiger partial charge in [0.25, 0.3) is 0 Å². The molecule has 62 heavy (non-hydrogen) atoms. The first-order valence-electron chi connectivity index (χ1n) is 28.3. The number of rotatable bonds is 53. The molecule has 2 unspecified atom stereocenters. The molecule has 0 saturated heterocycles. The first-order chi connectivity index (χ1) is 30.5. The molecule has 0 aromatic heterocycles. The Morgan fingerprint density at radius 3 is 0.984 bits per heavy atom. The first kappa shape index (κ1) is 60.9. The summed E-state index contributed by atoms with van der Waals surface area (Å²) in [6.07, 6.45) is 59.4.